The van der Waals surface area contributed by atoms with Gasteiger partial charge in [-0.05, 0) is 30.4 Å². The number of guanidine groups is 1. The van der Waals surface area contributed by atoms with Crippen LogP contribution in [0.1, 0.15) is 28.8 Å². The minimum Gasteiger partial charge on any atom is -0.356 e. The Bertz CT molecular complexity index is 579. The fourth-order valence-corrected chi connectivity index (χ4v) is 3.01. The van der Waals surface area contributed by atoms with Gasteiger partial charge in [-0.15, -0.1) is 35.3 Å². The number of benzene rings is 1. The SMILES string of the molecule is CN=C(NCCc1ccc(C)cc1)NCC(C)c1cccs1.I. The topological polar surface area (TPSA) is 36.4 Å². The number of hydrogen-bond donors (Lipinski definition) is 2. The lowest BCUT2D eigenvalue weighted by Gasteiger charge is -2.15. The molecule has 2 rings (SSSR count). The third-order valence-corrected chi connectivity index (χ3v) is 4.76. The van der Waals surface area contributed by atoms with E-state index in [1.807, 2.05) is 7.05 Å². The van der Waals surface area contributed by atoms with Crippen LogP contribution in [0.25, 0.3) is 0 Å². The van der Waals surface area contributed by atoms with Crippen molar-refractivity contribution < 1.29 is 0 Å². The number of thiophene rings is 1. The fourth-order valence-electron chi connectivity index (χ4n) is 2.22. The smallest absolute Gasteiger partial charge is 0.191 e. The van der Waals surface area contributed by atoms with Gasteiger partial charge in [0.05, 0.1) is 0 Å². The van der Waals surface area contributed by atoms with E-state index in [4.69, 9.17) is 0 Å². The van der Waals surface area contributed by atoms with E-state index in [2.05, 4.69) is 71.3 Å². The van der Waals surface area contributed by atoms with Crippen molar-refractivity contribution in [1.29, 1.82) is 0 Å². The van der Waals surface area contributed by atoms with Crippen LogP contribution in [0.15, 0.2) is 46.8 Å². The normalized spacial score (nSPS) is 12.4. The van der Waals surface area contributed by atoms with E-state index in [9.17, 15) is 0 Å². The Hall–Kier alpha value is -1.08. The summed E-state index contributed by atoms with van der Waals surface area (Å²) in [6, 6.07) is 13.0. The van der Waals surface area contributed by atoms with E-state index in [0.29, 0.717) is 5.92 Å². The molecule has 0 aliphatic heterocycles. The molecule has 3 nitrogen and oxygen atoms in total. The first kappa shape index (κ1) is 20.0. The summed E-state index contributed by atoms with van der Waals surface area (Å²) >= 11 is 1.81. The van der Waals surface area contributed by atoms with E-state index < -0.39 is 0 Å². The first-order valence-electron chi connectivity index (χ1n) is 7.72. The van der Waals surface area contributed by atoms with Gasteiger partial charge in [-0.3, -0.25) is 4.99 Å². The van der Waals surface area contributed by atoms with Crippen molar-refractivity contribution in [3.05, 3.63) is 57.8 Å². The van der Waals surface area contributed by atoms with Crippen LogP contribution < -0.4 is 10.6 Å². The number of hydrogen-bond acceptors (Lipinski definition) is 2. The zero-order valence-electron chi connectivity index (χ0n) is 14.0. The number of nitrogens with zero attached hydrogens (tertiary/aromatic N) is 1. The molecule has 1 heterocycles. The number of aryl methyl sites for hydroxylation is 1. The maximum absolute atomic E-state index is 4.28. The van der Waals surface area contributed by atoms with Crippen molar-refractivity contribution >= 4 is 41.3 Å². The van der Waals surface area contributed by atoms with Crippen LogP contribution >= 0.6 is 35.3 Å². The molecule has 1 aromatic carbocycles. The summed E-state index contributed by atoms with van der Waals surface area (Å²) in [7, 11) is 1.82. The lowest BCUT2D eigenvalue weighted by molar-refractivity contribution is 0.707. The summed E-state index contributed by atoms with van der Waals surface area (Å²) in [5.74, 6) is 1.37. The van der Waals surface area contributed by atoms with E-state index >= 15 is 0 Å². The quantitative estimate of drug-likeness (QED) is 0.399. The van der Waals surface area contributed by atoms with Gasteiger partial charge in [0, 0.05) is 30.9 Å². The molecule has 0 fully saturated rings. The number of aliphatic imine (C=N–C) groups is 1. The maximum Gasteiger partial charge on any atom is 0.191 e. The lowest BCUT2D eigenvalue weighted by atomic mass is 10.1. The molecule has 1 atom stereocenters. The zero-order chi connectivity index (χ0) is 15.8. The minimum atomic E-state index is 0. The maximum atomic E-state index is 4.28. The van der Waals surface area contributed by atoms with Gasteiger partial charge in [0.15, 0.2) is 5.96 Å². The molecule has 1 aromatic heterocycles. The van der Waals surface area contributed by atoms with Gasteiger partial charge in [-0.2, -0.15) is 0 Å². The Labute approximate surface area is 160 Å². The van der Waals surface area contributed by atoms with Gasteiger partial charge in [0.2, 0.25) is 0 Å². The molecule has 0 aliphatic rings. The Morgan fingerprint density at radius 1 is 1.17 bits per heavy atom. The second kappa shape index (κ2) is 10.6. The highest BCUT2D eigenvalue weighted by atomic mass is 127. The lowest BCUT2D eigenvalue weighted by Crippen LogP contribution is -2.39. The van der Waals surface area contributed by atoms with Gasteiger partial charge < -0.3 is 10.6 Å². The third-order valence-electron chi connectivity index (χ3n) is 3.65. The average molecular weight is 443 g/mol. The predicted octanol–water partition coefficient (Wildman–Crippen LogP) is 4.19. The molecule has 23 heavy (non-hydrogen) atoms. The molecule has 0 aliphatic carbocycles. The molecule has 0 radical (unpaired) electrons. The summed E-state index contributed by atoms with van der Waals surface area (Å²) in [5, 5.41) is 8.90. The van der Waals surface area contributed by atoms with Crippen LogP contribution in [0.2, 0.25) is 0 Å². The molecule has 2 N–H and O–H groups in total. The molecule has 0 bridgehead atoms. The van der Waals surface area contributed by atoms with Crippen LogP contribution in [0.5, 0.6) is 0 Å². The molecule has 1 unspecified atom stereocenters. The van der Waals surface area contributed by atoms with Crippen LogP contribution in [0.3, 0.4) is 0 Å². The van der Waals surface area contributed by atoms with Gasteiger partial charge in [-0.1, -0.05) is 42.8 Å². The van der Waals surface area contributed by atoms with Crippen molar-refractivity contribution in [3.63, 3.8) is 0 Å². The zero-order valence-corrected chi connectivity index (χ0v) is 17.2. The van der Waals surface area contributed by atoms with Gasteiger partial charge >= 0.3 is 0 Å². The van der Waals surface area contributed by atoms with E-state index in [0.717, 1.165) is 25.5 Å². The summed E-state index contributed by atoms with van der Waals surface area (Å²) in [5.41, 5.74) is 2.65. The molecular weight excluding hydrogens is 417 g/mol. The van der Waals surface area contributed by atoms with Crippen molar-refractivity contribution in [1.82, 2.24) is 10.6 Å². The molecule has 5 heteroatoms. The second-order valence-electron chi connectivity index (χ2n) is 5.53. The largest absolute Gasteiger partial charge is 0.356 e. The number of nitrogens with one attached hydrogen (secondary N) is 2. The Kier molecular flexibility index (Phi) is 9.24. The van der Waals surface area contributed by atoms with Gasteiger partial charge in [0.25, 0.3) is 0 Å². The second-order valence-corrected chi connectivity index (χ2v) is 6.51. The Morgan fingerprint density at radius 3 is 2.52 bits per heavy atom. The van der Waals surface area contributed by atoms with Crippen molar-refractivity contribution in [3.8, 4) is 0 Å². The Balaban J connectivity index is 0.00000264. The predicted molar refractivity (Wildman–Crippen MR) is 112 cm³/mol. The molecular formula is C18H26IN3S. The number of rotatable bonds is 6. The van der Waals surface area contributed by atoms with Crippen molar-refractivity contribution in [2.45, 2.75) is 26.2 Å². The van der Waals surface area contributed by atoms with Crippen LogP contribution in [0.4, 0.5) is 0 Å². The third kappa shape index (κ3) is 6.91. The minimum absolute atomic E-state index is 0. The summed E-state index contributed by atoms with van der Waals surface area (Å²) in [4.78, 5) is 5.69. The summed E-state index contributed by atoms with van der Waals surface area (Å²) < 4.78 is 0. The molecule has 2 aromatic rings. The van der Waals surface area contributed by atoms with Crippen LogP contribution in [-0.2, 0) is 6.42 Å². The first-order chi connectivity index (χ1) is 10.7. The van der Waals surface area contributed by atoms with Crippen LogP contribution in [-0.4, -0.2) is 26.1 Å². The summed E-state index contributed by atoms with van der Waals surface area (Å²) in [6.45, 7) is 6.13. The van der Waals surface area contributed by atoms with Crippen molar-refractivity contribution in [2.24, 2.45) is 4.99 Å². The average Bonchev–Trinajstić information content (AvgIpc) is 3.06. The molecule has 0 spiro atoms. The molecule has 0 saturated carbocycles. The summed E-state index contributed by atoms with van der Waals surface area (Å²) in [6.07, 6.45) is 1.00. The van der Waals surface area contributed by atoms with Gasteiger partial charge in [0.1, 0.15) is 0 Å². The van der Waals surface area contributed by atoms with Gasteiger partial charge in [-0.25, -0.2) is 0 Å². The van der Waals surface area contributed by atoms with E-state index in [1.54, 1.807) is 11.3 Å². The highest BCUT2D eigenvalue weighted by Crippen LogP contribution is 2.19. The molecule has 0 amide bonds. The van der Waals surface area contributed by atoms with E-state index in [-0.39, 0.29) is 24.0 Å². The van der Waals surface area contributed by atoms with E-state index in [1.165, 1.54) is 16.0 Å². The highest BCUT2D eigenvalue weighted by molar-refractivity contribution is 14.0. The number of halogens is 1. The highest BCUT2D eigenvalue weighted by Gasteiger charge is 2.07. The first-order valence-corrected chi connectivity index (χ1v) is 8.60. The standard InChI is InChI=1S/C18H25N3S.HI/c1-14-6-8-16(9-7-14)10-11-20-18(19-3)21-13-15(2)17-5-4-12-22-17;/h4-9,12,15H,10-11,13H2,1-3H3,(H2,19,20,21);1H. The molecule has 0 saturated heterocycles. The monoisotopic (exact) mass is 443 g/mol. The Morgan fingerprint density at radius 2 is 1.91 bits per heavy atom. The fraction of sp³-hybridized carbons (Fsp3) is 0.389. The van der Waals surface area contributed by atoms with Crippen molar-refractivity contribution in [2.75, 3.05) is 20.1 Å². The molecule has 126 valence electrons. The van der Waals surface area contributed by atoms with Crippen LogP contribution in [0, 0.1) is 6.92 Å².